The molecule has 0 radical (unpaired) electrons. The minimum atomic E-state index is 0.0765. The van der Waals surface area contributed by atoms with Crippen molar-refractivity contribution in [1.82, 2.24) is 5.43 Å². The van der Waals surface area contributed by atoms with Gasteiger partial charge in [0, 0.05) is 17.5 Å². The van der Waals surface area contributed by atoms with Crippen molar-refractivity contribution in [2.75, 3.05) is 6.79 Å². The molecule has 1 heterocycles. The lowest BCUT2D eigenvalue weighted by atomic mass is 9.98. The third-order valence-corrected chi connectivity index (χ3v) is 4.65. The van der Waals surface area contributed by atoms with E-state index in [1.807, 2.05) is 30.3 Å². The van der Waals surface area contributed by atoms with E-state index in [0.29, 0.717) is 12.0 Å². The Bertz CT molecular complexity index is 874. The van der Waals surface area contributed by atoms with E-state index in [4.69, 9.17) is 15.3 Å². The number of fused-ring (bicyclic) bond motifs is 1. The summed E-state index contributed by atoms with van der Waals surface area (Å²) in [5.74, 6) is 7.54. The Balaban J connectivity index is 0.000000136. The molecule has 0 amide bonds. The molecule has 3 aliphatic rings. The summed E-state index contributed by atoms with van der Waals surface area (Å²) in [4.78, 5) is 11.1. The minimum Gasteiger partial charge on any atom is -0.454 e. The van der Waals surface area contributed by atoms with Crippen LogP contribution in [0.5, 0.6) is 11.5 Å². The van der Waals surface area contributed by atoms with Gasteiger partial charge in [-0.1, -0.05) is 36.4 Å². The van der Waals surface area contributed by atoms with Crippen LogP contribution in [0.15, 0.2) is 66.3 Å². The van der Waals surface area contributed by atoms with E-state index < -0.39 is 0 Å². The van der Waals surface area contributed by atoms with E-state index in [-0.39, 0.29) is 12.6 Å². The van der Waals surface area contributed by atoms with Gasteiger partial charge in [-0.05, 0) is 47.9 Å². The zero-order valence-corrected chi connectivity index (χ0v) is 14.2. The number of allylic oxidation sites excluding steroid dienone is 3. The highest BCUT2D eigenvalue weighted by molar-refractivity contribution is 6.16. The Kier molecular flexibility index (Phi) is 4.56. The largest absolute Gasteiger partial charge is 0.454 e. The van der Waals surface area contributed by atoms with Gasteiger partial charge in [0.2, 0.25) is 6.79 Å². The summed E-state index contributed by atoms with van der Waals surface area (Å²) in [7, 11) is 0. The summed E-state index contributed by atoms with van der Waals surface area (Å²) in [6.45, 7) is 0.272. The van der Waals surface area contributed by atoms with Gasteiger partial charge in [0.15, 0.2) is 17.3 Å². The van der Waals surface area contributed by atoms with Crippen LogP contribution in [0, 0.1) is 0 Å². The molecule has 26 heavy (non-hydrogen) atoms. The minimum absolute atomic E-state index is 0.0765. The molecule has 0 aromatic heterocycles. The number of hydrazine groups is 1. The van der Waals surface area contributed by atoms with Gasteiger partial charge in [-0.3, -0.25) is 16.1 Å². The maximum absolute atomic E-state index is 11.1. The van der Waals surface area contributed by atoms with Crippen LogP contribution in [0.3, 0.4) is 0 Å². The summed E-state index contributed by atoms with van der Waals surface area (Å²) in [6, 6.07) is 16.6. The lowest BCUT2D eigenvalue weighted by molar-refractivity contribution is -0.111. The van der Waals surface area contributed by atoms with Crippen LogP contribution in [-0.4, -0.2) is 18.6 Å². The monoisotopic (exact) mass is 348 g/mol. The van der Waals surface area contributed by atoms with Gasteiger partial charge in [0.05, 0.1) is 0 Å². The van der Waals surface area contributed by atoms with E-state index in [9.17, 15) is 4.79 Å². The average molecular weight is 348 g/mol. The normalized spacial score (nSPS) is 23.3. The number of carbonyl (C=O) groups is 1. The number of nitrogens with two attached hydrogens (primary N) is 1. The Morgan fingerprint density at radius 2 is 1.85 bits per heavy atom. The van der Waals surface area contributed by atoms with Crippen LogP contribution in [-0.2, 0) is 4.79 Å². The highest BCUT2D eigenvalue weighted by Crippen LogP contribution is 2.39. The van der Waals surface area contributed by atoms with Crippen molar-refractivity contribution < 1.29 is 14.3 Å². The molecule has 0 saturated heterocycles. The SMILES string of the molecule is NNC1CC1c1ccccc1.O=C1C=CC1=Cc1ccc2c(c1)OCO2. The van der Waals surface area contributed by atoms with Gasteiger partial charge in [0.25, 0.3) is 0 Å². The topological polar surface area (TPSA) is 73.6 Å². The van der Waals surface area contributed by atoms with Crippen molar-refractivity contribution in [2.24, 2.45) is 5.84 Å². The molecule has 5 heteroatoms. The molecule has 2 unspecified atom stereocenters. The van der Waals surface area contributed by atoms with Crippen molar-refractivity contribution in [1.29, 1.82) is 0 Å². The van der Waals surface area contributed by atoms with Crippen LogP contribution in [0.4, 0.5) is 0 Å². The Hall–Kier alpha value is -2.89. The van der Waals surface area contributed by atoms with Crippen LogP contribution >= 0.6 is 0 Å². The molecule has 1 aliphatic heterocycles. The van der Waals surface area contributed by atoms with Gasteiger partial charge in [-0.2, -0.15) is 0 Å². The predicted octanol–water partition coefficient (Wildman–Crippen LogP) is 2.94. The number of ether oxygens (including phenoxy) is 2. The highest BCUT2D eigenvalue weighted by atomic mass is 16.7. The fraction of sp³-hybridized carbons (Fsp3) is 0.190. The molecule has 2 aromatic rings. The summed E-state index contributed by atoms with van der Waals surface area (Å²) in [5.41, 5.74) is 5.87. The van der Waals surface area contributed by atoms with Crippen molar-refractivity contribution in [3.63, 3.8) is 0 Å². The number of hydrogen-bond acceptors (Lipinski definition) is 5. The lowest BCUT2D eigenvalue weighted by Crippen LogP contribution is -2.25. The molecule has 0 bridgehead atoms. The highest BCUT2D eigenvalue weighted by Gasteiger charge is 2.36. The molecular formula is C21H20N2O3. The fourth-order valence-corrected chi connectivity index (χ4v) is 3.00. The number of carbonyl (C=O) groups excluding carboxylic acids is 1. The average Bonchev–Trinajstić information content (AvgIpc) is 3.34. The van der Waals surface area contributed by atoms with E-state index in [2.05, 4.69) is 29.7 Å². The molecule has 2 atom stereocenters. The molecule has 2 aliphatic carbocycles. The quantitative estimate of drug-likeness (QED) is 0.507. The van der Waals surface area contributed by atoms with Gasteiger partial charge in [-0.25, -0.2) is 0 Å². The molecule has 5 rings (SSSR count). The number of benzene rings is 2. The van der Waals surface area contributed by atoms with Crippen LogP contribution < -0.4 is 20.7 Å². The Morgan fingerprint density at radius 1 is 1.04 bits per heavy atom. The standard InChI is InChI=1S/C12H8O3.C9H12N2/c13-10-3-2-9(10)5-8-1-4-11-12(6-8)15-7-14-11;10-11-9-6-8(9)7-4-2-1-3-5-7/h1-6H,7H2;1-5,8-9,11H,6,10H2. The van der Waals surface area contributed by atoms with Crippen LogP contribution in [0.1, 0.15) is 23.5 Å². The van der Waals surface area contributed by atoms with Crippen molar-refractivity contribution in [2.45, 2.75) is 18.4 Å². The summed E-state index contributed by atoms with van der Waals surface area (Å²) >= 11 is 0. The number of nitrogens with one attached hydrogen (secondary N) is 1. The first-order valence-electron chi connectivity index (χ1n) is 8.59. The fourth-order valence-electron chi connectivity index (χ4n) is 3.00. The van der Waals surface area contributed by atoms with Crippen molar-refractivity contribution in [3.8, 4) is 11.5 Å². The van der Waals surface area contributed by atoms with Crippen LogP contribution in [0.2, 0.25) is 0 Å². The first kappa shape index (κ1) is 16.6. The zero-order chi connectivity index (χ0) is 17.9. The molecule has 3 N–H and O–H groups in total. The second kappa shape index (κ2) is 7.15. The van der Waals surface area contributed by atoms with Gasteiger partial charge in [-0.15, -0.1) is 0 Å². The van der Waals surface area contributed by atoms with E-state index >= 15 is 0 Å². The third-order valence-electron chi connectivity index (χ3n) is 4.65. The first-order chi connectivity index (χ1) is 12.7. The van der Waals surface area contributed by atoms with Crippen molar-refractivity contribution in [3.05, 3.63) is 77.4 Å². The van der Waals surface area contributed by atoms with Gasteiger partial charge >= 0.3 is 0 Å². The molecule has 1 fully saturated rings. The van der Waals surface area contributed by atoms with E-state index in [1.165, 1.54) is 12.0 Å². The molecule has 2 aromatic carbocycles. The Morgan fingerprint density at radius 3 is 2.50 bits per heavy atom. The third kappa shape index (κ3) is 3.54. The lowest BCUT2D eigenvalue weighted by Gasteiger charge is -2.05. The summed E-state index contributed by atoms with van der Waals surface area (Å²) in [6.07, 6.45) is 6.37. The van der Waals surface area contributed by atoms with E-state index in [1.54, 1.807) is 12.2 Å². The zero-order valence-electron chi connectivity index (χ0n) is 14.2. The smallest absolute Gasteiger partial charge is 0.231 e. The molecule has 0 spiro atoms. The molecule has 1 saturated carbocycles. The van der Waals surface area contributed by atoms with Gasteiger partial charge in [0.1, 0.15) is 0 Å². The predicted molar refractivity (Wildman–Crippen MR) is 99.6 cm³/mol. The number of rotatable bonds is 3. The molecule has 5 nitrogen and oxygen atoms in total. The summed E-state index contributed by atoms with van der Waals surface area (Å²) < 4.78 is 10.4. The van der Waals surface area contributed by atoms with Crippen molar-refractivity contribution >= 4 is 11.9 Å². The van der Waals surface area contributed by atoms with Gasteiger partial charge < -0.3 is 9.47 Å². The summed E-state index contributed by atoms with van der Waals surface area (Å²) in [5, 5.41) is 0. The maximum Gasteiger partial charge on any atom is 0.231 e. The maximum atomic E-state index is 11.1. The number of hydrogen-bond donors (Lipinski definition) is 2. The molecular weight excluding hydrogens is 328 g/mol. The number of ketones is 1. The first-order valence-corrected chi connectivity index (χ1v) is 8.59. The van der Waals surface area contributed by atoms with E-state index in [0.717, 1.165) is 22.6 Å². The Labute approximate surface area is 152 Å². The van der Waals surface area contributed by atoms with Crippen LogP contribution in [0.25, 0.3) is 6.08 Å². The second-order valence-corrected chi connectivity index (χ2v) is 6.44. The second-order valence-electron chi connectivity index (χ2n) is 6.44. The molecule has 132 valence electrons.